The average molecular weight is 515 g/mol. The quantitative estimate of drug-likeness (QED) is 0.276. The highest BCUT2D eigenvalue weighted by molar-refractivity contribution is 6.35. The van der Waals surface area contributed by atoms with Gasteiger partial charge < -0.3 is 23.4 Å². The number of rotatable bonds is 7. The summed E-state index contributed by atoms with van der Waals surface area (Å²) in [5, 5.41) is 0.926. The van der Waals surface area contributed by atoms with Gasteiger partial charge in [0.2, 0.25) is 11.2 Å². The molecule has 0 atom stereocenters. The Labute approximate surface area is 210 Å². The highest BCUT2D eigenvalue weighted by atomic mass is 35.5. The number of hydrogen-bond donors (Lipinski definition) is 0. The summed E-state index contributed by atoms with van der Waals surface area (Å²) in [6, 6.07) is 14.7. The smallest absolute Gasteiger partial charge is 0.349 e. The van der Waals surface area contributed by atoms with Crippen LogP contribution in [0.5, 0.6) is 23.0 Å². The Morgan fingerprint density at radius 3 is 2.37 bits per heavy atom. The number of carbonyl (C=O) groups is 1. The van der Waals surface area contributed by atoms with Gasteiger partial charge in [0, 0.05) is 10.6 Å². The SMILES string of the molecule is COc1ccc(-c2oc3cc(C)ccc3c(=O)c2OC(=O)COc2ccc(Cl)cc2Cl)cc1OC. The summed E-state index contributed by atoms with van der Waals surface area (Å²) < 4.78 is 27.6. The van der Waals surface area contributed by atoms with Gasteiger partial charge in [0.25, 0.3) is 0 Å². The summed E-state index contributed by atoms with van der Waals surface area (Å²) in [5.41, 5.74) is 1.20. The maximum Gasteiger partial charge on any atom is 0.349 e. The first-order chi connectivity index (χ1) is 16.8. The van der Waals surface area contributed by atoms with Crippen LogP contribution >= 0.6 is 23.2 Å². The predicted octanol–water partition coefficient (Wildman–Crippen LogP) is 6.08. The van der Waals surface area contributed by atoms with Crippen LogP contribution in [0.1, 0.15) is 5.56 Å². The fraction of sp³-hybridized carbons (Fsp3) is 0.154. The number of aryl methyl sites for hydroxylation is 1. The molecular weight excluding hydrogens is 495 g/mol. The second-order valence-corrected chi connectivity index (χ2v) is 8.34. The lowest BCUT2D eigenvalue weighted by atomic mass is 10.1. The average Bonchev–Trinajstić information content (AvgIpc) is 2.84. The van der Waals surface area contributed by atoms with Gasteiger partial charge in [0.15, 0.2) is 23.9 Å². The van der Waals surface area contributed by atoms with Gasteiger partial charge in [-0.1, -0.05) is 29.3 Å². The van der Waals surface area contributed by atoms with E-state index in [1.165, 1.54) is 26.4 Å². The molecule has 0 aliphatic heterocycles. The molecule has 0 aliphatic rings. The molecule has 7 nitrogen and oxygen atoms in total. The zero-order valence-electron chi connectivity index (χ0n) is 19.0. The van der Waals surface area contributed by atoms with Crippen molar-refractivity contribution in [3.05, 3.63) is 80.4 Å². The molecule has 0 unspecified atom stereocenters. The van der Waals surface area contributed by atoms with Gasteiger partial charge in [-0.15, -0.1) is 0 Å². The van der Waals surface area contributed by atoms with Crippen LogP contribution in [0.4, 0.5) is 0 Å². The maximum atomic E-state index is 13.3. The highest BCUT2D eigenvalue weighted by Crippen LogP contribution is 2.37. The molecule has 0 aliphatic carbocycles. The molecule has 4 rings (SSSR count). The van der Waals surface area contributed by atoms with Crippen molar-refractivity contribution < 1.29 is 28.2 Å². The van der Waals surface area contributed by atoms with Crippen molar-refractivity contribution in [1.29, 1.82) is 0 Å². The van der Waals surface area contributed by atoms with Gasteiger partial charge in [-0.3, -0.25) is 4.79 Å². The van der Waals surface area contributed by atoms with E-state index in [0.717, 1.165) is 5.56 Å². The fourth-order valence-electron chi connectivity index (χ4n) is 3.42. The Bertz CT molecular complexity index is 1480. The Balaban J connectivity index is 1.74. The van der Waals surface area contributed by atoms with Crippen LogP contribution in [0.25, 0.3) is 22.3 Å². The number of halogens is 2. The van der Waals surface area contributed by atoms with Crippen LogP contribution in [-0.4, -0.2) is 26.8 Å². The lowest BCUT2D eigenvalue weighted by Gasteiger charge is -2.13. The molecule has 0 N–H and O–H groups in total. The zero-order chi connectivity index (χ0) is 25.1. The minimum absolute atomic E-state index is 0.0620. The lowest BCUT2D eigenvalue weighted by Crippen LogP contribution is -2.22. The van der Waals surface area contributed by atoms with Crippen LogP contribution in [0.15, 0.2) is 63.8 Å². The van der Waals surface area contributed by atoms with E-state index in [2.05, 4.69) is 0 Å². The van der Waals surface area contributed by atoms with E-state index in [9.17, 15) is 9.59 Å². The van der Waals surface area contributed by atoms with Crippen molar-refractivity contribution >= 4 is 40.1 Å². The molecule has 9 heteroatoms. The Morgan fingerprint density at radius 1 is 0.914 bits per heavy atom. The number of benzene rings is 3. The number of methoxy groups -OCH3 is 2. The Hall–Kier alpha value is -3.68. The maximum absolute atomic E-state index is 13.3. The van der Waals surface area contributed by atoms with Crippen LogP contribution in [0.2, 0.25) is 10.0 Å². The fourth-order valence-corrected chi connectivity index (χ4v) is 3.88. The summed E-state index contributed by atoms with van der Waals surface area (Å²) in [5.74, 6) is 0.110. The topological polar surface area (TPSA) is 84.2 Å². The van der Waals surface area contributed by atoms with E-state index < -0.39 is 18.0 Å². The van der Waals surface area contributed by atoms with Gasteiger partial charge in [-0.05, 0) is 61.0 Å². The first-order valence-electron chi connectivity index (χ1n) is 10.4. The number of esters is 1. The second-order valence-electron chi connectivity index (χ2n) is 7.50. The molecule has 3 aromatic carbocycles. The van der Waals surface area contributed by atoms with Crippen molar-refractivity contribution in [2.45, 2.75) is 6.92 Å². The summed E-state index contributed by atoms with van der Waals surface area (Å²) in [7, 11) is 3.00. The summed E-state index contributed by atoms with van der Waals surface area (Å²) in [4.78, 5) is 26.0. The minimum atomic E-state index is -0.823. The van der Waals surface area contributed by atoms with E-state index in [1.54, 1.807) is 42.5 Å². The van der Waals surface area contributed by atoms with Crippen molar-refractivity contribution in [2.24, 2.45) is 0 Å². The molecule has 1 aromatic heterocycles. The van der Waals surface area contributed by atoms with Crippen molar-refractivity contribution in [3.63, 3.8) is 0 Å². The third-order valence-electron chi connectivity index (χ3n) is 5.11. The minimum Gasteiger partial charge on any atom is -0.493 e. The molecule has 1 heterocycles. The third-order valence-corrected chi connectivity index (χ3v) is 5.64. The molecule has 0 amide bonds. The van der Waals surface area contributed by atoms with Gasteiger partial charge in [0.05, 0.1) is 24.6 Å². The van der Waals surface area contributed by atoms with Gasteiger partial charge in [0.1, 0.15) is 11.3 Å². The number of carbonyl (C=O) groups excluding carboxylic acids is 1. The van der Waals surface area contributed by atoms with E-state index in [-0.39, 0.29) is 27.7 Å². The summed E-state index contributed by atoms with van der Waals surface area (Å²) in [6.45, 7) is 1.38. The second kappa shape index (κ2) is 10.3. The number of hydrogen-bond acceptors (Lipinski definition) is 7. The first-order valence-corrected chi connectivity index (χ1v) is 11.1. The van der Waals surface area contributed by atoms with Crippen molar-refractivity contribution in [2.75, 3.05) is 20.8 Å². The largest absolute Gasteiger partial charge is 0.493 e. The molecule has 35 heavy (non-hydrogen) atoms. The lowest BCUT2D eigenvalue weighted by molar-refractivity contribution is -0.136. The van der Waals surface area contributed by atoms with Crippen LogP contribution in [0, 0.1) is 6.92 Å². The number of ether oxygens (including phenoxy) is 4. The number of fused-ring (bicyclic) bond motifs is 1. The van der Waals surface area contributed by atoms with E-state index >= 15 is 0 Å². The van der Waals surface area contributed by atoms with E-state index in [4.69, 9.17) is 46.6 Å². The normalized spacial score (nSPS) is 10.8. The third kappa shape index (κ3) is 5.21. The van der Waals surface area contributed by atoms with Crippen molar-refractivity contribution in [1.82, 2.24) is 0 Å². The standard InChI is InChI=1S/C26H20Cl2O7/c1-14-4-7-17-21(10-14)34-25(15-5-8-20(31-2)22(11-15)32-3)26(24(17)30)35-23(29)13-33-19-9-6-16(27)12-18(19)28/h4-12H,13H2,1-3H3. The molecule has 0 spiro atoms. The summed E-state index contributed by atoms with van der Waals surface area (Å²) in [6.07, 6.45) is 0. The molecule has 0 fully saturated rings. The van der Waals surface area contributed by atoms with E-state index in [0.29, 0.717) is 27.7 Å². The van der Waals surface area contributed by atoms with Crippen molar-refractivity contribution in [3.8, 4) is 34.3 Å². The van der Waals surface area contributed by atoms with Crippen LogP contribution in [-0.2, 0) is 4.79 Å². The van der Waals surface area contributed by atoms with Gasteiger partial charge in [-0.2, -0.15) is 0 Å². The monoisotopic (exact) mass is 514 g/mol. The Morgan fingerprint density at radius 2 is 1.66 bits per heavy atom. The summed E-state index contributed by atoms with van der Waals surface area (Å²) >= 11 is 12.0. The van der Waals surface area contributed by atoms with Gasteiger partial charge in [-0.25, -0.2) is 4.79 Å². The molecule has 0 radical (unpaired) electrons. The highest BCUT2D eigenvalue weighted by Gasteiger charge is 2.22. The molecule has 0 saturated carbocycles. The molecule has 0 saturated heterocycles. The van der Waals surface area contributed by atoms with Crippen LogP contribution in [0.3, 0.4) is 0 Å². The molecule has 4 aromatic rings. The molecule has 180 valence electrons. The zero-order valence-corrected chi connectivity index (χ0v) is 20.5. The molecular formula is C26H20Cl2O7. The Kier molecular flexibility index (Phi) is 7.19. The molecule has 0 bridgehead atoms. The van der Waals surface area contributed by atoms with E-state index in [1.807, 2.05) is 6.92 Å². The predicted molar refractivity (Wildman–Crippen MR) is 133 cm³/mol. The van der Waals surface area contributed by atoms with Crippen LogP contribution < -0.4 is 24.4 Å². The first kappa shape index (κ1) is 24.4. The van der Waals surface area contributed by atoms with Gasteiger partial charge >= 0.3 is 5.97 Å².